The van der Waals surface area contributed by atoms with Crippen LogP contribution >= 0.6 is 0 Å². The molecule has 5 rings (SSSR count). The van der Waals surface area contributed by atoms with Gasteiger partial charge >= 0.3 is 5.97 Å². The van der Waals surface area contributed by atoms with Crippen LogP contribution in [0.3, 0.4) is 0 Å². The highest BCUT2D eigenvalue weighted by Crippen LogP contribution is 2.46. The van der Waals surface area contributed by atoms with Crippen LogP contribution in [-0.4, -0.2) is 12.6 Å². The SMILES string of the molecule is CCCCCOc1ccccc1C1C(C#N)=C(N)Oc2cc(OC(=O)c3oc4cc(C)c(C)cc4c3C)ccc21. The largest absolute Gasteiger partial charge is 0.493 e. The van der Waals surface area contributed by atoms with Crippen LogP contribution in [0.5, 0.6) is 17.2 Å². The summed E-state index contributed by atoms with van der Waals surface area (Å²) in [5, 5.41) is 10.9. The number of unbranched alkanes of at least 4 members (excludes halogenated alkanes) is 2. The number of rotatable bonds is 8. The number of hydrogen-bond donors (Lipinski definition) is 1. The quantitative estimate of drug-likeness (QED) is 0.142. The van der Waals surface area contributed by atoms with E-state index in [1.807, 2.05) is 57.2 Å². The van der Waals surface area contributed by atoms with E-state index in [1.165, 1.54) is 0 Å². The average Bonchev–Trinajstić information content (AvgIpc) is 3.25. The summed E-state index contributed by atoms with van der Waals surface area (Å²) in [6, 6.07) is 18.9. The van der Waals surface area contributed by atoms with E-state index in [-0.39, 0.29) is 17.4 Å². The van der Waals surface area contributed by atoms with Crippen molar-refractivity contribution in [1.82, 2.24) is 0 Å². The van der Waals surface area contributed by atoms with Gasteiger partial charge in [0.2, 0.25) is 11.6 Å². The van der Waals surface area contributed by atoms with E-state index in [0.29, 0.717) is 29.3 Å². The summed E-state index contributed by atoms with van der Waals surface area (Å²) in [4.78, 5) is 13.1. The van der Waals surface area contributed by atoms with E-state index >= 15 is 0 Å². The van der Waals surface area contributed by atoms with Gasteiger partial charge < -0.3 is 24.4 Å². The number of nitrogens with zero attached hydrogens (tertiary/aromatic N) is 1. The molecule has 0 bridgehead atoms. The number of carbonyl (C=O) groups excluding carboxylic acids is 1. The first-order valence-corrected chi connectivity index (χ1v) is 13.5. The van der Waals surface area contributed by atoms with E-state index in [1.54, 1.807) is 18.2 Å². The van der Waals surface area contributed by atoms with Gasteiger partial charge in [-0.2, -0.15) is 5.26 Å². The summed E-state index contributed by atoms with van der Waals surface area (Å²) in [7, 11) is 0. The number of allylic oxidation sites excluding steroid dienone is 1. The first-order valence-electron chi connectivity index (χ1n) is 13.5. The number of fused-ring (bicyclic) bond motifs is 2. The summed E-state index contributed by atoms with van der Waals surface area (Å²) in [6.07, 6.45) is 3.11. The summed E-state index contributed by atoms with van der Waals surface area (Å²) in [5.74, 6) is 0.416. The normalized spacial score (nSPS) is 14.4. The molecule has 0 amide bonds. The molecule has 0 saturated carbocycles. The van der Waals surface area contributed by atoms with Crippen molar-refractivity contribution in [1.29, 1.82) is 5.26 Å². The van der Waals surface area contributed by atoms with Crippen molar-refractivity contribution in [3.05, 3.63) is 99.6 Å². The highest BCUT2D eigenvalue weighted by molar-refractivity contribution is 5.97. The van der Waals surface area contributed by atoms with Crippen LogP contribution < -0.4 is 19.9 Å². The van der Waals surface area contributed by atoms with Crippen LogP contribution in [0.4, 0.5) is 0 Å². The summed E-state index contributed by atoms with van der Waals surface area (Å²) >= 11 is 0. The maximum atomic E-state index is 13.1. The maximum Gasteiger partial charge on any atom is 0.379 e. The Bertz CT molecular complexity index is 1670. The van der Waals surface area contributed by atoms with Crippen LogP contribution in [-0.2, 0) is 0 Å². The van der Waals surface area contributed by atoms with Crippen LogP contribution in [0.15, 0.2) is 70.5 Å². The highest BCUT2D eigenvalue weighted by Gasteiger charge is 2.33. The minimum atomic E-state index is -0.608. The zero-order chi connectivity index (χ0) is 28.4. The fourth-order valence-electron chi connectivity index (χ4n) is 5.03. The van der Waals surface area contributed by atoms with E-state index in [9.17, 15) is 10.1 Å². The number of nitriles is 1. The Labute approximate surface area is 233 Å². The third kappa shape index (κ3) is 5.01. The molecule has 0 fully saturated rings. The fraction of sp³-hybridized carbons (Fsp3) is 0.273. The third-order valence-corrected chi connectivity index (χ3v) is 7.37. The lowest BCUT2D eigenvalue weighted by Gasteiger charge is -2.28. The van der Waals surface area contributed by atoms with E-state index in [2.05, 4.69) is 13.0 Å². The molecule has 0 radical (unpaired) electrons. The number of nitrogens with two attached hydrogens (primary N) is 1. The van der Waals surface area contributed by atoms with Gasteiger partial charge in [0.1, 0.15) is 34.5 Å². The number of aryl methyl sites for hydroxylation is 3. The van der Waals surface area contributed by atoms with Crippen molar-refractivity contribution < 1.29 is 23.4 Å². The molecule has 3 aromatic carbocycles. The van der Waals surface area contributed by atoms with Gasteiger partial charge in [0.05, 0.1) is 12.5 Å². The number of para-hydroxylation sites is 1. The Kier molecular flexibility index (Phi) is 7.52. The number of furan rings is 1. The van der Waals surface area contributed by atoms with Crippen LogP contribution in [0.2, 0.25) is 0 Å². The molecule has 2 heterocycles. The van der Waals surface area contributed by atoms with Gasteiger partial charge in [-0.3, -0.25) is 0 Å². The predicted octanol–water partition coefficient (Wildman–Crippen LogP) is 7.36. The van der Waals surface area contributed by atoms with Gasteiger partial charge in [-0.1, -0.05) is 44.0 Å². The molecule has 40 heavy (non-hydrogen) atoms. The molecule has 1 aliphatic rings. The van der Waals surface area contributed by atoms with Gasteiger partial charge in [-0.25, -0.2) is 4.79 Å². The Hall–Kier alpha value is -4.70. The smallest absolute Gasteiger partial charge is 0.379 e. The Morgan fingerprint density at radius 3 is 2.58 bits per heavy atom. The number of ether oxygens (including phenoxy) is 3. The molecule has 1 aromatic heterocycles. The summed E-state index contributed by atoms with van der Waals surface area (Å²) in [6.45, 7) is 8.59. The molecule has 0 aliphatic carbocycles. The van der Waals surface area contributed by atoms with Gasteiger partial charge in [-0.05, 0) is 62.6 Å². The second-order valence-electron chi connectivity index (χ2n) is 10.1. The van der Waals surface area contributed by atoms with Crippen molar-refractivity contribution in [2.45, 2.75) is 52.9 Å². The Balaban J connectivity index is 1.46. The molecular weight excluding hydrogens is 504 g/mol. The van der Waals surface area contributed by atoms with Crippen molar-refractivity contribution in [3.8, 4) is 23.3 Å². The summed E-state index contributed by atoms with van der Waals surface area (Å²) in [5.41, 5.74) is 11.6. The number of esters is 1. The van der Waals surface area contributed by atoms with Crippen LogP contribution in [0.1, 0.15) is 70.5 Å². The molecule has 0 spiro atoms. The van der Waals surface area contributed by atoms with E-state index in [4.69, 9.17) is 24.4 Å². The third-order valence-electron chi connectivity index (χ3n) is 7.37. The van der Waals surface area contributed by atoms with Gasteiger partial charge in [0.15, 0.2) is 0 Å². The maximum absolute atomic E-state index is 13.1. The molecule has 2 N–H and O–H groups in total. The Morgan fingerprint density at radius 1 is 1.02 bits per heavy atom. The number of hydrogen-bond acceptors (Lipinski definition) is 7. The number of carbonyl (C=O) groups is 1. The summed E-state index contributed by atoms with van der Waals surface area (Å²) < 4.78 is 23.6. The molecule has 4 aromatic rings. The molecule has 204 valence electrons. The van der Waals surface area contributed by atoms with Crippen LogP contribution in [0, 0.1) is 32.1 Å². The molecular formula is C33H32N2O5. The van der Waals surface area contributed by atoms with Crippen LogP contribution in [0.25, 0.3) is 11.0 Å². The first-order chi connectivity index (χ1) is 19.3. The zero-order valence-corrected chi connectivity index (χ0v) is 23.2. The van der Waals surface area contributed by atoms with Crippen molar-refractivity contribution in [3.63, 3.8) is 0 Å². The van der Waals surface area contributed by atoms with Gasteiger partial charge in [0.25, 0.3) is 0 Å². The molecule has 7 heteroatoms. The second kappa shape index (κ2) is 11.2. The lowest BCUT2D eigenvalue weighted by atomic mass is 9.83. The van der Waals surface area contributed by atoms with Gasteiger partial charge in [0, 0.05) is 28.1 Å². The lowest BCUT2D eigenvalue weighted by Crippen LogP contribution is -2.21. The van der Waals surface area contributed by atoms with Gasteiger partial charge in [-0.15, -0.1) is 0 Å². The molecule has 1 aliphatic heterocycles. The molecule has 1 unspecified atom stereocenters. The second-order valence-corrected chi connectivity index (χ2v) is 10.1. The minimum Gasteiger partial charge on any atom is -0.493 e. The van der Waals surface area contributed by atoms with E-state index in [0.717, 1.165) is 52.5 Å². The minimum absolute atomic E-state index is 0.00290. The van der Waals surface area contributed by atoms with E-state index < -0.39 is 11.9 Å². The monoisotopic (exact) mass is 536 g/mol. The highest BCUT2D eigenvalue weighted by atomic mass is 16.5. The Morgan fingerprint density at radius 2 is 1.80 bits per heavy atom. The van der Waals surface area contributed by atoms with Crippen molar-refractivity contribution in [2.24, 2.45) is 5.73 Å². The molecule has 0 saturated heterocycles. The zero-order valence-electron chi connectivity index (χ0n) is 23.2. The van der Waals surface area contributed by atoms with Crippen molar-refractivity contribution in [2.75, 3.05) is 6.61 Å². The molecule has 7 nitrogen and oxygen atoms in total. The standard InChI is InChI=1S/C33H32N2O5/c1-5-6-9-14-37-27-11-8-7-10-23(27)30-24-13-12-22(17-29(24)40-32(35)26(30)18-34)38-33(36)31-21(4)25-15-19(2)20(3)16-28(25)39-31/h7-8,10-13,15-17,30H,5-6,9,14,35H2,1-4H3. The van der Waals surface area contributed by atoms with Crippen molar-refractivity contribution >= 4 is 16.9 Å². The average molecular weight is 537 g/mol. The number of benzene rings is 3. The first kappa shape index (κ1) is 26.9. The predicted molar refractivity (Wildman–Crippen MR) is 153 cm³/mol. The molecule has 1 atom stereocenters. The fourth-order valence-corrected chi connectivity index (χ4v) is 5.03. The topological polar surface area (TPSA) is 108 Å². The lowest BCUT2D eigenvalue weighted by molar-refractivity contribution is 0.0702.